The maximum atomic E-state index is 12.7. The lowest BCUT2D eigenvalue weighted by Gasteiger charge is -2.36. The van der Waals surface area contributed by atoms with E-state index in [0.717, 1.165) is 81.8 Å². The van der Waals surface area contributed by atoms with Gasteiger partial charge in [0.15, 0.2) is 6.73 Å². The third kappa shape index (κ3) is 8.58. The summed E-state index contributed by atoms with van der Waals surface area (Å²) in [5.41, 5.74) is 4.21. The Bertz CT molecular complexity index is 1310. The Balaban J connectivity index is 1.01. The number of aryl methyl sites for hydroxylation is 1. The van der Waals surface area contributed by atoms with Crippen molar-refractivity contribution in [3.05, 3.63) is 63.7 Å². The number of nitrogens with zero attached hydrogens (tertiary/aromatic N) is 3. The minimum absolute atomic E-state index is 0.0819. The largest absolute Gasteiger partial charge is 0.510 e. The molecule has 1 fully saturated rings. The summed E-state index contributed by atoms with van der Waals surface area (Å²) in [4.78, 5) is 31.1. The second-order valence-corrected chi connectivity index (χ2v) is 12.1. The molecule has 5 rings (SSSR count). The number of hydrogen-bond acceptors (Lipinski definition) is 7. The van der Waals surface area contributed by atoms with E-state index in [0.29, 0.717) is 47.8 Å². The van der Waals surface area contributed by atoms with Crippen LogP contribution in [0.4, 0.5) is 16.2 Å². The van der Waals surface area contributed by atoms with Crippen LogP contribution in [0.15, 0.2) is 48.0 Å². The highest BCUT2D eigenvalue weighted by Gasteiger charge is 2.27. The fourth-order valence-electron chi connectivity index (χ4n) is 5.79. The second kappa shape index (κ2) is 15.2. The van der Waals surface area contributed by atoms with E-state index < -0.39 is 6.16 Å². The van der Waals surface area contributed by atoms with E-state index in [1.165, 1.54) is 10.5 Å². The molecular weight excluding hydrogens is 589 g/mol. The molecule has 0 saturated carbocycles. The number of allylic oxidation sites excluding steroid dienone is 2. The zero-order chi connectivity index (χ0) is 30.2. The van der Waals surface area contributed by atoms with E-state index in [2.05, 4.69) is 22.8 Å². The summed E-state index contributed by atoms with van der Waals surface area (Å²) >= 11 is 12.6. The molecule has 2 heterocycles. The highest BCUT2D eigenvalue weighted by atomic mass is 35.5. The minimum Gasteiger partial charge on any atom is -0.494 e. The smallest absolute Gasteiger partial charge is 0.494 e. The number of hydrogen-bond donors (Lipinski definition) is 0. The van der Waals surface area contributed by atoms with E-state index in [1.54, 1.807) is 0 Å². The van der Waals surface area contributed by atoms with Crippen molar-refractivity contribution in [3.8, 4) is 5.75 Å². The highest BCUT2D eigenvalue weighted by Crippen LogP contribution is 2.36. The third-order valence-electron chi connectivity index (χ3n) is 8.32. The molecule has 10 heteroatoms. The topological polar surface area (TPSA) is 71.5 Å². The number of anilines is 2. The van der Waals surface area contributed by atoms with Crippen molar-refractivity contribution in [1.82, 2.24) is 4.90 Å². The molecule has 2 aromatic rings. The molecule has 0 N–H and O–H groups in total. The van der Waals surface area contributed by atoms with Gasteiger partial charge in [-0.1, -0.05) is 60.3 Å². The Kier molecular flexibility index (Phi) is 11.1. The van der Waals surface area contributed by atoms with E-state index in [4.69, 9.17) is 37.4 Å². The van der Waals surface area contributed by atoms with Crippen molar-refractivity contribution in [2.75, 3.05) is 62.5 Å². The predicted octanol–water partition coefficient (Wildman–Crippen LogP) is 7.11. The molecule has 1 unspecified atom stereocenters. The molecule has 8 nitrogen and oxygen atoms in total. The van der Waals surface area contributed by atoms with Crippen LogP contribution < -0.4 is 14.5 Å². The summed E-state index contributed by atoms with van der Waals surface area (Å²) < 4.78 is 16.6. The number of rotatable bonds is 14. The standard InChI is InChI=1S/C33H41Cl2N3O5/c1-2-6-25-21-26(25)13-20-42-33(40)43-23-38-30-22-27(11-9-24(30)10-12-31(38)39)41-19-4-3-14-36-15-17-37(18-16-36)29-8-5-7-28(34)32(29)35/h5,7-9,11,21-22,26H,2-4,6,10,12-20,23H2,1H3. The third-order valence-corrected chi connectivity index (χ3v) is 9.13. The molecule has 2 aliphatic heterocycles. The number of halogens is 2. The predicted molar refractivity (Wildman–Crippen MR) is 170 cm³/mol. The molecule has 1 amide bonds. The van der Waals surface area contributed by atoms with Gasteiger partial charge in [0, 0.05) is 44.6 Å². The molecule has 1 saturated heterocycles. The van der Waals surface area contributed by atoms with Gasteiger partial charge in [0.2, 0.25) is 5.91 Å². The molecule has 0 spiro atoms. The first-order chi connectivity index (χ1) is 20.9. The molecule has 0 radical (unpaired) electrons. The Morgan fingerprint density at radius 1 is 0.977 bits per heavy atom. The van der Waals surface area contributed by atoms with Gasteiger partial charge in [0.25, 0.3) is 0 Å². The molecule has 0 bridgehead atoms. The zero-order valence-electron chi connectivity index (χ0n) is 24.9. The van der Waals surface area contributed by atoms with E-state index >= 15 is 0 Å². The van der Waals surface area contributed by atoms with Crippen molar-refractivity contribution >= 4 is 46.6 Å². The lowest BCUT2D eigenvalue weighted by molar-refractivity contribution is -0.119. The molecule has 43 heavy (non-hydrogen) atoms. The average Bonchev–Trinajstić information content (AvgIpc) is 3.76. The first-order valence-electron chi connectivity index (χ1n) is 15.4. The van der Waals surface area contributed by atoms with Crippen molar-refractivity contribution in [2.24, 2.45) is 5.92 Å². The first kappa shape index (κ1) is 31.5. The number of fused-ring (bicyclic) bond motifs is 1. The van der Waals surface area contributed by atoms with E-state index in [-0.39, 0.29) is 12.6 Å². The molecule has 0 aromatic heterocycles. The molecule has 3 aliphatic rings. The van der Waals surface area contributed by atoms with Crippen LogP contribution in [0.2, 0.25) is 10.0 Å². The van der Waals surface area contributed by atoms with Gasteiger partial charge in [-0.2, -0.15) is 0 Å². The molecular formula is C33H41Cl2N3O5. The number of carbonyl (C=O) groups is 2. The Morgan fingerprint density at radius 3 is 2.63 bits per heavy atom. The van der Waals surface area contributed by atoms with Crippen LogP contribution in [0.3, 0.4) is 0 Å². The summed E-state index contributed by atoms with van der Waals surface area (Å²) in [5, 5.41) is 1.21. The highest BCUT2D eigenvalue weighted by molar-refractivity contribution is 6.43. The van der Waals surface area contributed by atoms with Crippen molar-refractivity contribution < 1.29 is 23.8 Å². The fraction of sp³-hybridized carbons (Fsp3) is 0.515. The average molecular weight is 631 g/mol. The van der Waals surface area contributed by atoms with Gasteiger partial charge >= 0.3 is 6.16 Å². The first-order valence-corrected chi connectivity index (χ1v) is 16.2. The second-order valence-electron chi connectivity index (χ2n) is 11.3. The van der Waals surface area contributed by atoms with Gasteiger partial charge in [0.05, 0.1) is 34.6 Å². The van der Waals surface area contributed by atoms with Gasteiger partial charge in [0.1, 0.15) is 5.75 Å². The van der Waals surface area contributed by atoms with Crippen LogP contribution in [0.25, 0.3) is 0 Å². The summed E-state index contributed by atoms with van der Waals surface area (Å²) in [6.45, 7) is 7.68. The molecule has 232 valence electrons. The SMILES string of the molecule is CCCC1=CC1CCOC(=O)OCN1C(=O)CCc2ccc(OCCCCN3CCN(c4cccc(Cl)c4Cl)CC3)cc21. The van der Waals surface area contributed by atoms with Crippen LogP contribution in [-0.4, -0.2) is 69.6 Å². The molecule has 1 atom stereocenters. The van der Waals surface area contributed by atoms with Crippen molar-refractivity contribution in [1.29, 1.82) is 0 Å². The summed E-state index contributed by atoms with van der Waals surface area (Å²) in [7, 11) is 0. The van der Waals surface area contributed by atoms with Crippen molar-refractivity contribution in [3.63, 3.8) is 0 Å². The number of piperazine rings is 1. The van der Waals surface area contributed by atoms with Gasteiger partial charge in [-0.15, -0.1) is 0 Å². The van der Waals surface area contributed by atoms with Crippen LogP contribution in [0, 0.1) is 5.92 Å². The summed E-state index contributed by atoms with van der Waals surface area (Å²) in [5.74, 6) is 1.08. The number of ether oxygens (including phenoxy) is 3. The zero-order valence-corrected chi connectivity index (χ0v) is 26.4. The minimum atomic E-state index is -0.750. The van der Waals surface area contributed by atoms with E-state index in [1.807, 2.05) is 36.4 Å². The van der Waals surface area contributed by atoms with Crippen LogP contribution in [0.1, 0.15) is 51.0 Å². The fourth-order valence-corrected chi connectivity index (χ4v) is 6.20. The maximum absolute atomic E-state index is 12.7. The lowest BCUT2D eigenvalue weighted by atomic mass is 10.0. The van der Waals surface area contributed by atoms with Crippen LogP contribution in [-0.2, 0) is 20.7 Å². The Hall–Kier alpha value is -2.94. The number of unbranched alkanes of at least 4 members (excludes halogenated alkanes) is 1. The molecule has 2 aromatic carbocycles. The summed E-state index contributed by atoms with van der Waals surface area (Å²) in [6.07, 6.45) is 7.48. The lowest BCUT2D eigenvalue weighted by Crippen LogP contribution is -2.46. The van der Waals surface area contributed by atoms with Crippen LogP contribution >= 0.6 is 23.2 Å². The Morgan fingerprint density at radius 2 is 1.81 bits per heavy atom. The normalized spacial score (nSPS) is 18.3. The van der Waals surface area contributed by atoms with Gasteiger partial charge < -0.3 is 19.1 Å². The Labute approximate surface area is 264 Å². The van der Waals surface area contributed by atoms with E-state index in [9.17, 15) is 9.59 Å². The van der Waals surface area contributed by atoms with Gasteiger partial charge in [-0.3, -0.25) is 14.6 Å². The van der Waals surface area contributed by atoms with Crippen molar-refractivity contribution in [2.45, 2.75) is 51.9 Å². The monoisotopic (exact) mass is 629 g/mol. The molecule has 1 aliphatic carbocycles. The maximum Gasteiger partial charge on any atom is 0.510 e. The number of amides is 1. The quantitative estimate of drug-likeness (QED) is 0.125. The summed E-state index contributed by atoms with van der Waals surface area (Å²) in [6, 6.07) is 11.6. The van der Waals surface area contributed by atoms with Gasteiger partial charge in [-0.25, -0.2) is 4.79 Å². The number of carbonyl (C=O) groups excluding carboxylic acids is 2. The van der Waals surface area contributed by atoms with Crippen LogP contribution in [0.5, 0.6) is 5.75 Å². The number of benzene rings is 2. The van der Waals surface area contributed by atoms with Gasteiger partial charge in [-0.05, 0) is 62.4 Å².